The van der Waals surface area contributed by atoms with E-state index in [4.69, 9.17) is 4.74 Å². The van der Waals surface area contributed by atoms with Gasteiger partial charge >= 0.3 is 12.1 Å². The van der Waals surface area contributed by atoms with E-state index in [0.29, 0.717) is 5.69 Å². The zero-order chi connectivity index (χ0) is 16.5. The van der Waals surface area contributed by atoms with Crippen LogP contribution in [0.4, 0.5) is 27.6 Å². The van der Waals surface area contributed by atoms with Gasteiger partial charge in [-0.3, -0.25) is 0 Å². The van der Waals surface area contributed by atoms with Gasteiger partial charge in [0.25, 0.3) is 0 Å². The average Bonchev–Trinajstić information content (AvgIpc) is 2.37. The Morgan fingerprint density at radius 3 is 2.10 bits per heavy atom. The molecule has 1 unspecified atom stereocenters. The lowest BCUT2D eigenvalue weighted by Gasteiger charge is -2.33. The van der Waals surface area contributed by atoms with E-state index in [2.05, 4.69) is 0 Å². The fraction of sp³-hybridized carbons (Fsp3) is 0.571. The molecular weight excluding hydrogens is 293 g/mol. The van der Waals surface area contributed by atoms with Crippen LogP contribution in [0.15, 0.2) is 24.3 Å². The summed E-state index contributed by atoms with van der Waals surface area (Å²) in [4.78, 5) is 1.72. The fourth-order valence-corrected chi connectivity index (χ4v) is 1.93. The standard InChI is InChI=1S/C14H18F5NO/c1-12(21-4,9-13(15,16)14(17,18)19)10-6-5-7-11(8-10)20(2)3/h5-8H,9H2,1-4H3. The molecule has 1 aromatic carbocycles. The number of hydrogen-bond acceptors (Lipinski definition) is 2. The van der Waals surface area contributed by atoms with E-state index < -0.39 is 24.1 Å². The molecule has 0 spiro atoms. The Hall–Kier alpha value is -1.37. The summed E-state index contributed by atoms with van der Waals surface area (Å²) in [5, 5.41) is 0. The summed E-state index contributed by atoms with van der Waals surface area (Å²) in [6.45, 7) is 1.22. The first-order valence-corrected chi connectivity index (χ1v) is 6.20. The molecule has 7 heteroatoms. The van der Waals surface area contributed by atoms with Crippen LogP contribution in [0.2, 0.25) is 0 Å². The van der Waals surface area contributed by atoms with Gasteiger partial charge in [-0.05, 0) is 24.6 Å². The van der Waals surface area contributed by atoms with Gasteiger partial charge in [0.05, 0.1) is 12.0 Å². The lowest BCUT2D eigenvalue weighted by molar-refractivity contribution is -0.298. The van der Waals surface area contributed by atoms with Gasteiger partial charge in [0.1, 0.15) is 0 Å². The molecule has 1 atom stereocenters. The van der Waals surface area contributed by atoms with Crippen molar-refractivity contribution in [1.29, 1.82) is 0 Å². The van der Waals surface area contributed by atoms with Crippen LogP contribution in [0.5, 0.6) is 0 Å². The monoisotopic (exact) mass is 311 g/mol. The zero-order valence-corrected chi connectivity index (χ0v) is 12.3. The molecule has 21 heavy (non-hydrogen) atoms. The highest BCUT2D eigenvalue weighted by Gasteiger charge is 2.60. The van der Waals surface area contributed by atoms with Gasteiger partial charge in [0.15, 0.2) is 0 Å². The minimum Gasteiger partial charge on any atom is -0.378 e. The van der Waals surface area contributed by atoms with Gasteiger partial charge in [-0.1, -0.05) is 12.1 Å². The Morgan fingerprint density at radius 2 is 1.67 bits per heavy atom. The number of rotatable bonds is 5. The van der Waals surface area contributed by atoms with Crippen molar-refractivity contribution >= 4 is 5.69 Å². The first kappa shape index (κ1) is 17.7. The minimum atomic E-state index is -5.61. The summed E-state index contributed by atoms with van der Waals surface area (Å²) in [5.41, 5.74) is -0.795. The highest BCUT2D eigenvalue weighted by atomic mass is 19.4. The molecule has 0 aliphatic carbocycles. The lowest BCUT2D eigenvalue weighted by Crippen LogP contribution is -2.43. The summed E-state index contributed by atoms with van der Waals surface area (Å²) in [5.74, 6) is -4.83. The van der Waals surface area contributed by atoms with E-state index >= 15 is 0 Å². The Kier molecular flexibility index (Phi) is 4.87. The van der Waals surface area contributed by atoms with Crippen LogP contribution in [-0.2, 0) is 10.3 Å². The molecule has 0 aromatic heterocycles. The Bertz CT molecular complexity index is 486. The lowest BCUT2D eigenvalue weighted by atomic mass is 9.88. The molecular formula is C14H18F5NO. The number of halogens is 5. The van der Waals surface area contributed by atoms with Crippen molar-refractivity contribution < 1.29 is 26.7 Å². The van der Waals surface area contributed by atoms with E-state index in [-0.39, 0.29) is 5.56 Å². The third-order valence-electron chi connectivity index (χ3n) is 3.40. The first-order valence-electron chi connectivity index (χ1n) is 6.20. The molecule has 1 rings (SSSR count). The Labute approximate surface area is 120 Å². The van der Waals surface area contributed by atoms with Crippen molar-refractivity contribution in [2.45, 2.75) is 31.0 Å². The van der Waals surface area contributed by atoms with Crippen LogP contribution in [0.25, 0.3) is 0 Å². The normalized spacial score (nSPS) is 15.7. The molecule has 0 aliphatic rings. The smallest absolute Gasteiger partial charge is 0.378 e. The maximum absolute atomic E-state index is 13.3. The van der Waals surface area contributed by atoms with E-state index in [9.17, 15) is 22.0 Å². The zero-order valence-electron chi connectivity index (χ0n) is 12.3. The van der Waals surface area contributed by atoms with E-state index in [1.54, 1.807) is 31.1 Å². The number of hydrogen-bond donors (Lipinski definition) is 0. The number of alkyl halides is 5. The van der Waals surface area contributed by atoms with Crippen molar-refractivity contribution in [3.8, 4) is 0 Å². The molecule has 0 radical (unpaired) electrons. The molecule has 0 fully saturated rings. The summed E-state index contributed by atoms with van der Waals surface area (Å²) < 4.78 is 68.9. The number of nitrogens with zero attached hydrogens (tertiary/aromatic N) is 1. The van der Waals surface area contributed by atoms with Gasteiger partial charge in [-0.15, -0.1) is 0 Å². The highest BCUT2D eigenvalue weighted by molar-refractivity contribution is 5.48. The first-order chi connectivity index (χ1) is 9.43. The second-order valence-electron chi connectivity index (χ2n) is 5.26. The van der Waals surface area contributed by atoms with Gasteiger partial charge in [-0.2, -0.15) is 22.0 Å². The summed E-state index contributed by atoms with van der Waals surface area (Å²) in [6, 6.07) is 6.33. The van der Waals surface area contributed by atoms with Crippen LogP contribution in [0.1, 0.15) is 18.9 Å². The molecule has 0 heterocycles. The van der Waals surface area contributed by atoms with Crippen molar-refractivity contribution in [3.05, 3.63) is 29.8 Å². The Balaban J connectivity index is 3.19. The van der Waals surface area contributed by atoms with Crippen molar-refractivity contribution in [2.24, 2.45) is 0 Å². The number of ether oxygens (including phenoxy) is 1. The average molecular weight is 311 g/mol. The molecule has 2 nitrogen and oxygen atoms in total. The van der Waals surface area contributed by atoms with Crippen LogP contribution in [0.3, 0.4) is 0 Å². The molecule has 1 aromatic rings. The van der Waals surface area contributed by atoms with Crippen LogP contribution in [-0.4, -0.2) is 33.3 Å². The van der Waals surface area contributed by atoms with E-state index in [0.717, 1.165) is 7.11 Å². The van der Waals surface area contributed by atoms with Crippen molar-refractivity contribution in [2.75, 3.05) is 26.1 Å². The van der Waals surface area contributed by atoms with Crippen LogP contribution >= 0.6 is 0 Å². The second kappa shape index (κ2) is 5.79. The van der Waals surface area contributed by atoms with Crippen LogP contribution < -0.4 is 4.90 Å². The Morgan fingerprint density at radius 1 is 1.10 bits per heavy atom. The van der Waals surface area contributed by atoms with Gasteiger partial charge in [-0.25, -0.2) is 0 Å². The predicted molar refractivity (Wildman–Crippen MR) is 70.7 cm³/mol. The van der Waals surface area contributed by atoms with Crippen molar-refractivity contribution in [3.63, 3.8) is 0 Å². The number of benzene rings is 1. The van der Waals surface area contributed by atoms with Gasteiger partial charge < -0.3 is 9.64 Å². The number of anilines is 1. The molecule has 0 saturated heterocycles. The summed E-state index contributed by atoms with van der Waals surface area (Å²) >= 11 is 0. The second-order valence-corrected chi connectivity index (χ2v) is 5.26. The van der Waals surface area contributed by atoms with Crippen LogP contribution in [0, 0.1) is 0 Å². The van der Waals surface area contributed by atoms with Gasteiger partial charge in [0.2, 0.25) is 0 Å². The predicted octanol–water partition coefficient (Wildman–Crippen LogP) is 4.20. The van der Waals surface area contributed by atoms with Crippen molar-refractivity contribution in [1.82, 2.24) is 0 Å². The van der Waals surface area contributed by atoms with E-state index in [1.165, 1.54) is 19.1 Å². The SMILES string of the molecule is COC(C)(CC(F)(F)C(F)(F)F)c1cccc(N(C)C)c1. The minimum absolute atomic E-state index is 0.264. The summed E-state index contributed by atoms with van der Waals surface area (Å²) in [7, 11) is 4.61. The maximum Gasteiger partial charge on any atom is 0.453 e. The molecule has 0 amide bonds. The molecule has 0 aliphatic heterocycles. The number of methoxy groups -OCH3 is 1. The molecule has 120 valence electrons. The van der Waals surface area contributed by atoms with E-state index in [1.807, 2.05) is 0 Å². The molecule has 0 N–H and O–H groups in total. The quantitative estimate of drug-likeness (QED) is 0.756. The highest BCUT2D eigenvalue weighted by Crippen LogP contribution is 2.45. The third kappa shape index (κ3) is 3.84. The largest absolute Gasteiger partial charge is 0.453 e. The topological polar surface area (TPSA) is 12.5 Å². The third-order valence-corrected chi connectivity index (χ3v) is 3.40. The molecule has 0 bridgehead atoms. The molecule has 0 saturated carbocycles. The fourth-order valence-electron chi connectivity index (χ4n) is 1.93. The van der Waals surface area contributed by atoms with Gasteiger partial charge in [0, 0.05) is 26.9 Å². The maximum atomic E-state index is 13.3. The summed E-state index contributed by atoms with van der Waals surface area (Å²) in [6.07, 6.45) is -7.08.